The Morgan fingerprint density at radius 1 is 1.33 bits per heavy atom. The Morgan fingerprint density at radius 3 is 2.73 bits per heavy atom. The second-order valence-corrected chi connectivity index (χ2v) is 4.13. The molecule has 3 atom stereocenters. The van der Waals surface area contributed by atoms with Crippen molar-refractivity contribution in [1.82, 2.24) is 0 Å². The number of hydrogen-bond donors (Lipinski definition) is 2. The van der Waals surface area contributed by atoms with Gasteiger partial charge in [0.25, 0.3) is 0 Å². The Hall–Kier alpha value is -0.160. The van der Waals surface area contributed by atoms with Gasteiger partial charge in [-0.1, -0.05) is 12.8 Å². The van der Waals surface area contributed by atoms with Gasteiger partial charge in [0.15, 0.2) is 0 Å². The lowest BCUT2D eigenvalue weighted by molar-refractivity contribution is -0.0569. The van der Waals surface area contributed by atoms with Crippen LogP contribution in [-0.4, -0.2) is 43.2 Å². The van der Waals surface area contributed by atoms with Gasteiger partial charge in [-0.05, 0) is 19.8 Å². The smallest absolute Gasteiger partial charge is 0.101 e. The van der Waals surface area contributed by atoms with Crippen LogP contribution in [0.15, 0.2) is 0 Å². The van der Waals surface area contributed by atoms with E-state index in [2.05, 4.69) is 0 Å². The monoisotopic (exact) mass is 217 g/mol. The Morgan fingerprint density at radius 2 is 2.07 bits per heavy atom. The van der Waals surface area contributed by atoms with Crippen LogP contribution in [0, 0.1) is 0 Å². The quantitative estimate of drug-likeness (QED) is 0.686. The molecule has 0 aromatic rings. The SMILES string of the molecule is CCOCC(O)COC1CCCCC1N. The normalized spacial score (nSPS) is 29.0. The molecule has 1 rings (SSSR count). The van der Waals surface area contributed by atoms with E-state index in [-0.39, 0.29) is 12.1 Å². The van der Waals surface area contributed by atoms with Gasteiger partial charge in [0.05, 0.1) is 19.3 Å². The molecule has 0 heterocycles. The van der Waals surface area contributed by atoms with E-state index >= 15 is 0 Å². The first-order valence-corrected chi connectivity index (χ1v) is 5.87. The highest BCUT2D eigenvalue weighted by atomic mass is 16.5. The summed E-state index contributed by atoms with van der Waals surface area (Å²) in [5.74, 6) is 0. The maximum absolute atomic E-state index is 9.51. The van der Waals surface area contributed by atoms with Gasteiger partial charge in [0.1, 0.15) is 6.10 Å². The lowest BCUT2D eigenvalue weighted by Crippen LogP contribution is -2.41. The predicted octanol–water partition coefficient (Wildman–Crippen LogP) is 0.670. The minimum Gasteiger partial charge on any atom is -0.388 e. The molecule has 0 saturated heterocycles. The maximum Gasteiger partial charge on any atom is 0.101 e. The summed E-state index contributed by atoms with van der Waals surface area (Å²) in [5, 5.41) is 9.51. The topological polar surface area (TPSA) is 64.7 Å². The molecular formula is C11H23NO3. The summed E-state index contributed by atoms with van der Waals surface area (Å²) < 4.78 is 10.7. The average molecular weight is 217 g/mol. The van der Waals surface area contributed by atoms with Gasteiger partial charge in [-0.15, -0.1) is 0 Å². The highest BCUT2D eigenvalue weighted by Crippen LogP contribution is 2.19. The van der Waals surface area contributed by atoms with Crippen LogP contribution in [0.4, 0.5) is 0 Å². The molecular weight excluding hydrogens is 194 g/mol. The lowest BCUT2D eigenvalue weighted by atomic mass is 9.93. The zero-order chi connectivity index (χ0) is 11.1. The molecule has 15 heavy (non-hydrogen) atoms. The number of hydrogen-bond acceptors (Lipinski definition) is 4. The van der Waals surface area contributed by atoms with E-state index in [0.717, 1.165) is 12.8 Å². The number of aliphatic hydroxyl groups excluding tert-OH is 1. The fourth-order valence-corrected chi connectivity index (χ4v) is 1.87. The molecule has 90 valence electrons. The summed E-state index contributed by atoms with van der Waals surface area (Å²) in [4.78, 5) is 0. The van der Waals surface area contributed by atoms with Crippen molar-refractivity contribution in [2.45, 2.75) is 50.9 Å². The first-order chi connectivity index (χ1) is 7.24. The zero-order valence-corrected chi connectivity index (χ0v) is 9.52. The van der Waals surface area contributed by atoms with E-state index in [4.69, 9.17) is 15.2 Å². The van der Waals surface area contributed by atoms with Crippen LogP contribution in [0.2, 0.25) is 0 Å². The molecule has 0 aromatic heterocycles. The molecule has 0 aliphatic heterocycles. The minimum atomic E-state index is -0.529. The number of ether oxygens (including phenoxy) is 2. The maximum atomic E-state index is 9.51. The Balaban J connectivity index is 2.11. The van der Waals surface area contributed by atoms with E-state index < -0.39 is 6.10 Å². The molecule has 0 amide bonds. The summed E-state index contributed by atoms with van der Waals surface area (Å²) in [5.41, 5.74) is 5.93. The van der Waals surface area contributed by atoms with Gasteiger partial charge in [0.2, 0.25) is 0 Å². The van der Waals surface area contributed by atoms with Crippen LogP contribution in [-0.2, 0) is 9.47 Å². The average Bonchev–Trinajstić information content (AvgIpc) is 2.25. The van der Waals surface area contributed by atoms with Crippen molar-refractivity contribution in [3.8, 4) is 0 Å². The third kappa shape index (κ3) is 4.93. The third-order valence-electron chi connectivity index (χ3n) is 2.77. The molecule has 0 aromatic carbocycles. The van der Waals surface area contributed by atoms with Crippen LogP contribution >= 0.6 is 0 Å². The third-order valence-corrected chi connectivity index (χ3v) is 2.77. The minimum absolute atomic E-state index is 0.120. The molecule has 3 N–H and O–H groups in total. The van der Waals surface area contributed by atoms with E-state index in [1.54, 1.807) is 0 Å². The lowest BCUT2D eigenvalue weighted by Gasteiger charge is -2.29. The van der Waals surface area contributed by atoms with Crippen molar-refractivity contribution in [3.05, 3.63) is 0 Å². The molecule has 0 bridgehead atoms. The second-order valence-electron chi connectivity index (χ2n) is 4.13. The summed E-state index contributed by atoms with van der Waals surface area (Å²) in [6.07, 6.45) is 4.02. The Labute approximate surface area is 91.7 Å². The Bertz CT molecular complexity index is 166. The van der Waals surface area contributed by atoms with Crippen molar-refractivity contribution in [2.24, 2.45) is 5.73 Å². The van der Waals surface area contributed by atoms with Crippen molar-refractivity contribution in [3.63, 3.8) is 0 Å². The fraction of sp³-hybridized carbons (Fsp3) is 1.00. The highest BCUT2D eigenvalue weighted by molar-refractivity contribution is 4.78. The molecule has 3 unspecified atom stereocenters. The van der Waals surface area contributed by atoms with Gasteiger partial charge in [0, 0.05) is 12.6 Å². The van der Waals surface area contributed by atoms with Crippen LogP contribution < -0.4 is 5.73 Å². The molecule has 4 nitrogen and oxygen atoms in total. The van der Waals surface area contributed by atoms with Gasteiger partial charge in [-0.3, -0.25) is 0 Å². The fourth-order valence-electron chi connectivity index (χ4n) is 1.87. The number of nitrogens with two attached hydrogens (primary N) is 1. The number of rotatable bonds is 6. The first kappa shape index (κ1) is 12.9. The summed E-state index contributed by atoms with van der Waals surface area (Å²) in [6.45, 7) is 3.21. The molecule has 1 aliphatic carbocycles. The number of aliphatic hydroxyl groups is 1. The molecule has 1 aliphatic rings. The predicted molar refractivity (Wildman–Crippen MR) is 58.7 cm³/mol. The van der Waals surface area contributed by atoms with Crippen LogP contribution in [0.25, 0.3) is 0 Å². The van der Waals surface area contributed by atoms with Crippen molar-refractivity contribution in [1.29, 1.82) is 0 Å². The van der Waals surface area contributed by atoms with E-state index in [0.29, 0.717) is 19.8 Å². The van der Waals surface area contributed by atoms with Crippen LogP contribution in [0.1, 0.15) is 32.6 Å². The van der Waals surface area contributed by atoms with Crippen LogP contribution in [0.3, 0.4) is 0 Å². The second kappa shape index (κ2) is 7.17. The van der Waals surface area contributed by atoms with Crippen molar-refractivity contribution < 1.29 is 14.6 Å². The molecule has 1 fully saturated rings. The van der Waals surface area contributed by atoms with Gasteiger partial charge >= 0.3 is 0 Å². The van der Waals surface area contributed by atoms with Crippen molar-refractivity contribution in [2.75, 3.05) is 19.8 Å². The van der Waals surface area contributed by atoms with Gasteiger partial charge in [-0.25, -0.2) is 0 Å². The summed E-state index contributed by atoms with van der Waals surface area (Å²) in [7, 11) is 0. The van der Waals surface area contributed by atoms with E-state index in [1.807, 2.05) is 6.92 Å². The molecule has 1 saturated carbocycles. The molecule has 0 spiro atoms. The standard InChI is InChI=1S/C11H23NO3/c1-2-14-7-9(13)8-15-11-6-4-3-5-10(11)12/h9-11,13H,2-8,12H2,1H3. The van der Waals surface area contributed by atoms with E-state index in [1.165, 1.54) is 12.8 Å². The van der Waals surface area contributed by atoms with Gasteiger partial charge < -0.3 is 20.3 Å². The molecule has 4 heteroatoms. The summed E-state index contributed by atoms with van der Waals surface area (Å²) >= 11 is 0. The highest BCUT2D eigenvalue weighted by Gasteiger charge is 2.22. The van der Waals surface area contributed by atoms with Gasteiger partial charge in [-0.2, -0.15) is 0 Å². The van der Waals surface area contributed by atoms with E-state index in [9.17, 15) is 5.11 Å². The first-order valence-electron chi connectivity index (χ1n) is 5.87. The van der Waals surface area contributed by atoms with Crippen molar-refractivity contribution >= 4 is 0 Å². The summed E-state index contributed by atoms with van der Waals surface area (Å²) in [6, 6.07) is 0.137. The molecule has 0 radical (unpaired) electrons. The largest absolute Gasteiger partial charge is 0.388 e. The van der Waals surface area contributed by atoms with Crippen LogP contribution in [0.5, 0.6) is 0 Å². The zero-order valence-electron chi connectivity index (χ0n) is 9.52. The Kier molecular flexibility index (Phi) is 6.17.